The van der Waals surface area contributed by atoms with Gasteiger partial charge in [0.05, 0.1) is 0 Å². The maximum atomic E-state index is 10.3. The minimum atomic E-state index is -2.42. The lowest BCUT2D eigenvalue weighted by molar-refractivity contribution is -0.114. The third-order valence-electron chi connectivity index (χ3n) is 1.18. The molecular formula is C5H11Cl2O3P. The summed E-state index contributed by atoms with van der Waals surface area (Å²) in [6.07, 6.45) is 0.584. The molecule has 68 valence electrons. The van der Waals surface area contributed by atoms with Crippen LogP contribution < -0.4 is 0 Å². The average Bonchev–Trinajstić information content (AvgIpc) is 1.82. The average molecular weight is 221 g/mol. The number of halogens is 2. The highest BCUT2D eigenvalue weighted by atomic mass is 35.5. The molecule has 2 atom stereocenters. The van der Waals surface area contributed by atoms with Crippen molar-refractivity contribution >= 4 is 37.3 Å². The molecule has 0 saturated carbocycles. The van der Waals surface area contributed by atoms with E-state index in [2.05, 4.69) is 0 Å². The molecule has 11 heavy (non-hydrogen) atoms. The molecule has 0 rings (SSSR count). The summed E-state index contributed by atoms with van der Waals surface area (Å²) >= 11 is 5.10. The molecule has 2 unspecified atom stereocenters. The highest BCUT2D eigenvalue weighted by Gasteiger charge is 2.09. The van der Waals surface area contributed by atoms with Crippen LogP contribution in [0.4, 0.5) is 0 Å². The predicted molar refractivity (Wildman–Crippen MR) is 48.0 cm³/mol. The van der Waals surface area contributed by atoms with Crippen molar-refractivity contribution in [3.8, 4) is 0 Å². The van der Waals surface area contributed by atoms with Gasteiger partial charge in [-0.25, -0.2) is 0 Å². The van der Waals surface area contributed by atoms with Crippen LogP contribution in [-0.2, 0) is 9.36 Å². The van der Waals surface area contributed by atoms with Gasteiger partial charge in [0.25, 0.3) is 0 Å². The molecular weight excluding hydrogens is 210 g/mol. The van der Waals surface area contributed by atoms with Crippen molar-refractivity contribution in [3.63, 3.8) is 0 Å². The maximum Gasteiger partial charge on any atom is 0.224 e. The van der Waals surface area contributed by atoms with E-state index in [0.29, 0.717) is 6.42 Å². The molecule has 0 aromatic rings. The van der Waals surface area contributed by atoms with Crippen molar-refractivity contribution in [1.29, 1.82) is 0 Å². The number of hydrogen-bond acceptors (Lipinski definition) is 2. The Balaban J connectivity index is 0. The molecule has 0 aliphatic carbocycles. The van der Waals surface area contributed by atoms with Crippen LogP contribution in [0.5, 0.6) is 0 Å². The van der Waals surface area contributed by atoms with Crippen molar-refractivity contribution in [1.82, 2.24) is 0 Å². The summed E-state index contributed by atoms with van der Waals surface area (Å²) in [5.74, 6) is -0.303. The fraction of sp³-hybridized carbons (Fsp3) is 0.800. The topological polar surface area (TPSA) is 54.4 Å². The van der Waals surface area contributed by atoms with Crippen molar-refractivity contribution in [2.24, 2.45) is 5.92 Å². The molecule has 0 radical (unpaired) electrons. The minimum absolute atomic E-state index is 0. The summed E-state index contributed by atoms with van der Waals surface area (Å²) in [4.78, 5) is 18.7. The lowest BCUT2D eigenvalue weighted by Gasteiger charge is -2.01. The van der Waals surface area contributed by atoms with E-state index < -0.39 is 13.3 Å². The zero-order valence-electron chi connectivity index (χ0n) is 6.04. The Labute approximate surface area is 77.4 Å². The summed E-state index contributed by atoms with van der Waals surface area (Å²) in [7, 11) is -2.42. The van der Waals surface area contributed by atoms with Crippen LogP contribution in [0.3, 0.4) is 0 Å². The Hall–Kier alpha value is 0.440. The first-order valence-electron chi connectivity index (χ1n) is 2.95. The van der Waals surface area contributed by atoms with Gasteiger partial charge in [-0.3, -0.25) is 9.36 Å². The van der Waals surface area contributed by atoms with Gasteiger partial charge in [0.1, 0.15) is 0 Å². The third-order valence-corrected chi connectivity index (χ3v) is 2.27. The normalized spacial score (nSPS) is 14.8. The van der Waals surface area contributed by atoms with E-state index >= 15 is 0 Å². The molecule has 0 aromatic carbocycles. The van der Waals surface area contributed by atoms with Gasteiger partial charge < -0.3 is 4.89 Å². The number of rotatable bonds is 4. The van der Waals surface area contributed by atoms with E-state index in [1.54, 1.807) is 6.92 Å². The molecule has 0 aromatic heterocycles. The zero-order chi connectivity index (χ0) is 8.15. The molecule has 0 aliphatic heterocycles. The summed E-state index contributed by atoms with van der Waals surface area (Å²) in [6.45, 7) is 1.64. The maximum absolute atomic E-state index is 10.3. The van der Waals surface area contributed by atoms with Crippen LogP contribution in [-0.4, -0.2) is 16.3 Å². The largest absolute Gasteiger partial charge is 0.346 e. The Morgan fingerprint density at radius 3 is 2.45 bits per heavy atom. The van der Waals surface area contributed by atoms with Crippen LogP contribution in [0.15, 0.2) is 0 Å². The summed E-state index contributed by atoms with van der Waals surface area (Å²) in [5.41, 5.74) is 0. The molecule has 0 amide bonds. The highest BCUT2D eigenvalue weighted by Crippen LogP contribution is 2.18. The number of hydrogen-bond donors (Lipinski definition) is 1. The van der Waals surface area contributed by atoms with Gasteiger partial charge in [0.15, 0.2) is 8.03 Å². The molecule has 0 spiro atoms. The van der Waals surface area contributed by atoms with Gasteiger partial charge in [-0.1, -0.05) is 6.92 Å². The van der Waals surface area contributed by atoms with Crippen LogP contribution >= 0.6 is 32.0 Å². The Morgan fingerprint density at radius 2 is 2.18 bits per heavy atom. The van der Waals surface area contributed by atoms with Gasteiger partial charge >= 0.3 is 0 Å². The quantitative estimate of drug-likeness (QED) is 0.580. The fourth-order valence-corrected chi connectivity index (χ4v) is 1.24. The van der Waals surface area contributed by atoms with E-state index in [9.17, 15) is 9.36 Å². The smallest absolute Gasteiger partial charge is 0.224 e. The van der Waals surface area contributed by atoms with Crippen LogP contribution in [0.1, 0.15) is 13.3 Å². The summed E-state index contributed by atoms with van der Waals surface area (Å²) in [6, 6.07) is 0. The second kappa shape index (κ2) is 7.11. The van der Waals surface area contributed by atoms with Gasteiger partial charge in [-0.2, -0.15) is 0 Å². The second-order valence-corrected chi connectivity index (χ2v) is 3.80. The monoisotopic (exact) mass is 220 g/mol. The molecule has 3 nitrogen and oxygen atoms in total. The van der Waals surface area contributed by atoms with Crippen molar-refractivity contribution in [2.45, 2.75) is 13.3 Å². The van der Waals surface area contributed by atoms with E-state index in [0.717, 1.165) is 0 Å². The molecule has 0 fully saturated rings. The van der Waals surface area contributed by atoms with Gasteiger partial charge in [0, 0.05) is 12.1 Å². The fourth-order valence-electron chi connectivity index (χ4n) is 0.453. The first-order valence-corrected chi connectivity index (χ1v) is 4.89. The first kappa shape index (κ1) is 14.0. The van der Waals surface area contributed by atoms with Gasteiger partial charge in [0.2, 0.25) is 5.24 Å². The van der Waals surface area contributed by atoms with E-state index in [4.69, 9.17) is 16.5 Å². The zero-order valence-corrected chi connectivity index (χ0v) is 8.61. The van der Waals surface area contributed by atoms with Crippen molar-refractivity contribution in [2.75, 3.05) is 6.16 Å². The Kier molecular flexibility index (Phi) is 9.04. The minimum Gasteiger partial charge on any atom is -0.346 e. The first-order chi connectivity index (χ1) is 4.54. The number of carbonyl (C=O) groups is 1. The van der Waals surface area contributed by atoms with Crippen LogP contribution in [0.2, 0.25) is 0 Å². The summed E-state index contributed by atoms with van der Waals surface area (Å²) in [5, 5.41) is -0.441. The van der Waals surface area contributed by atoms with Crippen molar-refractivity contribution < 1.29 is 14.3 Å². The van der Waals surface area contributed by atoms with E-state index in [-0.39, 0.29) is 24.5 Å². The highest BCUT2D eigenvalue weighted by molar-refractivity contribution is 7.37. The van der Waals surface area contributed by atoms with Crippen molar-refractivity contribution in [3.05, 3.63) is 0 Å². The Morgan fingerprint density at radius 1 is 1.73 bits per heavy atom. The second-order valence-electron chi connectivity index (χ2n) is 2.14. The molecule has 0 saturated heterocycles. The Bertz CT molecular complexity index is 151. The molecule has 0 heterocycles. The molecule has 1 N–H and O–H groups in total. The standard InChI is InChI=1S/C5H10ClO3P.ClH/c1-4(5(6)7)2-3-10(8)9;/h4,10H,2-3H2,1H3,(H,8,9);1H. The predicted octanol–water partition coefficient (Wildman–Crippen LogP) is 1.67. The van der Waals surface area contributed by atoms with Gasteiger partial charge in [-0.05, 0) is 18.0 Å². The van der Waals surface area contributed by atoms with Crippen LogP contribution in [0, 0.1) is 5.92 Å². The third kappa shape index (κ3) is 8.35. The SMILES string of the molecule is CC(CC[PH](=O)O)C(=O)Cl.Cl. The van der Waals surface area contributed by atoms with Crippen LogP contribution in [0.25, 0.3) is 0 Å². The lowest BCUT2D eigenvalue weighted by Crippen LogP contribution is -2.04. The molecule has 0 bridgehead atoms. The molecule has 6 heteroatoms. The van der Waals surface area contributed by atoms with E-state index in [1.807, 2.05) is 0 Å². The van der Waals surface area contributed by atoms with Gasteiger partial charge in [-0.15, -0.1) is 12.4 Å². The lowest BCUT2D eigenvalue weighted by atomic mass is 10.1. The molecule has 0 aliphatic rings. The van der Waals surface area contributed by atoms with E-state index in [1.165, 1.54) is 0 Å². The summed E-state index contributed by atoms with van der Waals surface area (Å²) < 4.78 is 10.2. The number of carbonyl (C=O) groups excluding carboxylic acids is 1.